The number of pyridine rings is 2. The zero-order chi connectivity index (χ0) is 30.6. The number of hydrogen-bond donors (Lipinski definition) is 0. The molecule has 8 rings (SSSR count). The maximum Gasteiger partial charge on any atom is 0.134 e. The van der Waals surface area contributed by atoms with Crippen LogP contribution in [0.3, 0.4) is 0 Å². The summed E-state index contributed by atoms with van der Waals surface area (Å²) in [4.78, 5) is 8.76. The van der Waals surface area contributed by atoms with E-state index < -0.39 is 0 Å². The van der Waals surface area contributed by atoms with Gasteiger partial charge >= 0.3 is 0 Å². The molecule has 0 N–H and O–H groups in total. The van der Waals surface area contributed by atoms with Crippen LogP contribution in [0.4, 0.5) is 4.39 Å². The van der Waals surface area contributed by atoms with E-state index in [4.69, 9.17) is 4.42 Å². The van der Waals surface area contributed by atoms with Crippen molar-refractivity contribution in [3.63, 3.8) is 0 Å². The van der Waals surface area contributed by atoms with Crippen molar-refractivity contribution in [1.82, 2.24) is 9.97 Å². The van der Waals surface area contributed by atoms with Gasteiger partial charge < -0.3 is 14.4 Å². The Morgan fingerprint density at radius 2 is 1.39 bits per heavy atom. The van der Waals surface area contributed by atoms with E-state index in [1.807, 2.05) is 128 Å². The zero-order valence-electron chi connectivity index (χ0n) is 24.9. The first-order valence-corrected chi connectivity index (χ1v) is 14.7. The van der Waals surface area contributed by atoms with Crippen molar-refractivity contribution in [2.45, 2.75) is 6.92 Å². The minimum Gasteiger partial charge on any atom is -0.500 e. The number of nitrogens with zero attached hydrogens (tertiary/aromatic N) is 2. The number of aryl methyl sites for hydroxylation is 1. The summed E-state index contributed by atoms with van der Waals surface area (Å²) in [5.41, 5.74) is 9.27. The van der Waals surface area contributed by atoms with Crippen LogP contribution in [0.2, 0.25) is 0 Å². The van der Waals surface area contributed by atoms with Gasteiger partial charge in [0.15, 0.2) is 0 Å². The van der Waals surface area contributed by atoms with Gasteiger partial charge in [-0.25, -0.2) is 4.39 Å². The minimum atomic E-state index is -0.315. The van der Waals surface area contributed by atoms with Crippen molar-refractivity contribution in [1.29, 1.82) is 0 Å². The molecule has 225 valence electrons. The number of furan rings is 1. The van der Waals surface area contributed by atoms with Crippen LogP contribution < -0.4 is 0 Å². The smallest absolute Gasteiger partial charge is 0.134 e. The van der Waals surface area contributed by atoms with Gasteiger partial charge in [-0.15, -0.1) is 54.1 Å². The Kier molecular flexibility index (Phi) is 9.25. The van der Waals surface area contributed by atoms with Gasteiger partial charge in [-0.3, -0.25) is 0 Å². The number of halogens is 1. The molecule has 0 bridgehead atoms. The van der Waals surface area contributed by atoms with Gasteiger partial charge in [0.05, 0.1) is 11.1 Å². The Bertz CT molecular complexity index is 2220. The molecule has 0 unspecified atom stereocenters. The Balaban J connectivity index is 0.000000223. The molecule has 8 aromatic rings. The molecule has 0 spiro atoms. The third-order valence-corrected chi connectivity index (χ3v) is 7.63. The molecule has 0 saturated heterocycles. The van der Waals surface area contributed by atoms with Crippen LogP contribution in [0.1, 0.15) is 5.56 Å². The molecule has 1 radical (unpaired) electrons. The van der Waals surface area contributed by atoms with E-state index in [-0.39, 0.29) is 25.9 Å². The summed E-state index contributed by atoms with van der Waals surface area (Å²) in [6.07, 6.45) is 3.61. The molecule has 0 aliphatic carbocycles. The van der Waals surface area contributed by atoms with E-state index >= 15 is 4.39 Å². The van der Waals surface area contributed by atoms with Gasteiger partial charge in [0.25, 0.3) is 0 Å². The van der Waals surface area contributed by atoms with Crippen molar-refractivity contribution in [2.24, 2.45) is 0 Å². The topological polar surface area (TPSA) is 38.9 Å². The molecule has 3 aromatic heterocycles. The molecule has 0 aliphatic rings. The molecule has 0 fully saturated rings. The summed E-state index contributed by atoms with van der Waals surface area (Å²) in [5, 5.41) is 1.78. The fraction of sp³-hybridized carbons (Fsp3) is 0.0244. The van der Waals surface area contributed by atoms with Crippen molar-refractivity contribution in [2.75, 3.05) is 0 Å². The first-order chi connectivity index (χ1) is 22.2. The molecule has 0 atom stereocenters. The summed E-state index contributed by atoms with van der Waals surface area (Å²) < 4.78 is 21.5. The first-order valence-electron chi connectivity index (χ1n) is 14.7. The molecule has 0 amide bonds. The van der Waals surface area contributed by atoms with E-state index in [1.54, 1.807) is 12.3 Å². The third-order valence-electron chi connectivity index (χ3n) is 7.63. The van der Waals surface area contributed by atoms with Crippen LogP contribution >= 0.6 is 0 Å². The number of benzene rings is 5. The summed E-state index contributed by atoms with van der Waals surface area (Å²) in [6.45, 7) is 2.03. The fourth-order valence-electron chi connectivity index (χ4n) is 5.42. The van der Waals surface area contributed by atoms with E-state index in [0.29, 0.717) is 16.7 Å². The predicted octanol–water partition coefficient (Wildman–Crippen LogP) is 10.8. The number of aromatic nitrogens is 2. The Labute approximate surface area is 280 Å². The maximum atomic E-state index is 15.2. The van der Waals surface area contributed by atoms with Gasteiger partial charge in [-0.05, 0) is 64.8 Å². The number of hydrogen-bond acceptors (Lipinski definition) is 3. The van der Waals surface area contributed by atoms with Crippen LogP contribution in [0.15, 0.2) is 150 Å². The van der Waals surface area contributed by atoms with Crippen molar-refractivity contribution in [3.05, 3.63) is 169 Å². The van der Waals surface area contributed by atoms with E-state index in [1.165, 1.54) is 11.6 Å². The Hall–Kier alpha value is -5.22. The SMILES string of the molecule is Cc1ccc(-c2[c-]cccc2)nc1.Fc1ccc2c(oc3c(-c4ccccn4)[c-]ccc32)c1-c1cccc(-c2ccccc2)c1.[Ir]. The van der Waals surface area contributed by atoms with Crippen molar-refractivity contribution >= 4 is 21.9 Å². The fourth-order valence-corrected chi connectivity index (χ4v) is 5.42. The van der Waals surface area contributed by atoms with Crippen molar-refractivity contribution < 1.29 is 28.9 Å². The summed E-state index contributed by atoms with van der Waals surface area (Å²) >= 11 is 0. The Morgan fingerprint density at radius 1 is 0.609 bits per heavy atom. The zero-order valence-corrected chi connectivity index (χ0v) is 27.3. The molecule has 5 heteroatoms. The molecule has 3 nitrogen and oxygen atoms in total. The molecule has 0 aliphatic heterocycles. The van der Waals surface area contributed by atoms with Gasteiger partial charge in [0.1, 0.15) is 11.4 Å². The van der Waals surface area contributed by atoms with E-state index in [9.17, 15) is 0 Å². The molecule has 46 heavy (non-hydrogen) atoms. The monoisotopic (exact) mass is 775 g/mol. The predicted molar refractivity (Wildman–Crippen MR) is 180 cm³/mol. The summed E-state index contributed by atoms with van der Waals surface area (Å²) in [6, 6.07) is 49.1. The number of rotatable bonds is 4. The van der Waals surface area contributed by atoms with Crippen LogP contribution in [-0.4, -0.2) is 9.97 Å². The van der Waals surface area contributed by atoms with Crippen molar-refractivity contribution in [3.8, 4) is 44.8 Å². The van der Waals surface area contributed by atoms with Crippen LogP contribution in [0.5, 0.6) is 0 Å². The molecular weight excluding hydrogens is 748 g/mol. The quantitative estimate of drug-likeness (QED) is 0.167. The van der Waals surface area contributed by atoms with Gasteiger partial charge in [0, 0.05) is 37.9 Å². The second-order valence-corrected chi connectivity index (χ2v) is 10.7. The largest absolute Gasteiger partial charge is 0.500 e. The second kappa shape index (κ2) is 13.8. The van der Waals surface area contributed by atoms with Gasteiger partial charge in [-0.2, -0.15) is 0 Å². The van der Waals surface area contributed by atoms with Gasteiger partial charge in [-0.1, -0.05) is 83.7 Å². The number of fused-ring (bicyclic) bond motifs is 3. The summed E-state index contributed by atoms with van der Waals surface area (Å²) in [7, 11) is 0. The third kappa shape index (κ3) is 6.29. The van der Waals surface area contributed by atoms with E-state index in [0.717, 1.165) is 50.0 Å². The standard InChI is InChI=1S/C29H17FNO.C12H10N.Ir/c30-25-16-15-23-22-12-7-13-24(26-14-4-5-17-31-26)28(22)32-29(23)27(25)21-11-6-10-20(18-21)19-8-2-1-3-9-19;1-10-7-8-12(13-9-10)11-5-3-2-4-6-11;/h1-12,14-18H;2-5,7-9H,1H3;/q2*-1;. The van der Waals surface area contributed by atoms with E-state index in [2.05, 4.69) is 28.2 Å². The summed E-state index contributed by atoms with van der Waals surface area (Å²) in [5.74, 6) is -0.315. The van der Waals surface area contributed by atoms with Crippen LogP contribution in [-0.2, 0) is 20.1 Å². The average molecular weight is 775 g/mol. The minimum absolute atomic E-state index is 0. The van der Waals surface area contributed by atoms with Crippen LogP contribution in [0.25, 0.3) is 66.7 Å². The molecular formula is C41H27FIrN2O-2. The molecule has 0 saturated carbocycles. The second-order valence-electron chi connectivity index (χ2n) is 10.7. The molecule has 3 heterocycles. The normalized spacial score (nSPS) is 10.7. The average Bonchev–Trinajstić information content (AvgIpc) is 3.49. The maximum absolute atomic E-state index is 15.2. The first kappa shape index (κ1) is 30.8. The van der Waals surface area contributed by atoms with Gasteiger partial charge in [0.2, 0.25) is 0 Å². The van der Waals surface area contributed by atoms with Crippen LogP contribution in [0, 0.1) is 24.9 Å². The Morgan fingerprint density at radius 3 is 2.15 bits per heavy atom. The molecule has 5 aromatic carbocycles.